The molecule has 1 heterocycles. The molecule has 0 radical (unpaired) electrons. The fraction of sp³-hybridized carbons (Fsp3) is 0.600. The number of nitrogens with two attached hydrogens (primary N) is 1. The van der Waals surface area contributed by atoms with Gasteiger partial charge in [-0.15, -0.1) is 0 Å². The smallest absolute Gasteiger partial charge is 0.223 e. The molecule has 6 nitrogen and oxygen atoms in total. The Morgan fingerprint density at radius 1 is 1.38 bits per heavy atom. The molecule has 0 aliphatic heterocycles. The van der Waals surface area contributed by atoms with Crippen LogP contribution in [0.3, 0.4) is 0 Å². The van der Waals surface area contributed by atoms with Gasteiger partial charge < -0.3 is 21.3 Å². The highest BCUT2D eigenvalue weighted by Gasteiger charge is 2.06. The van der Waals surface area contributed by atoms with E-state index in [4.69, 9.17) is 5.73 Å². The number of nitrogens with one attached hydrogen (secondary N) is 2. The monoisotopic (exact) mass is 224 g/mol. The summed E-state index contributed by atoms with van der Waals surface area (Å²) < 4.78 is 0. The highest BCUT2D eigenvalue weighted by Crippen LogP contribution is 2.12. The fourth-order valence-corrected chi connectivity index (χ4v) is 1.51. The summed E-state index contributed by atoms with van der Waals surface area (Å²) in [6.45, 7) is 3.02. The molecule has 1 aromatic heterocycles. The first-order valence-electron chi connectivity index (χ1n) is 5.25. The van der Waals surface area contributed by atoms with Crippen molar-refractivity contribution in [2.24, 2.45) is 0 Å². The van der Waals surface area contributed by atoms with Gasteiger partial charge in [-0.3, -0.25) is 0 Å². The molecule has 16 heavy (non-hydrogen) atoms. The molecular formula is C10H20N6. The summed E-state index contributed by atoms with van der Waals surface area (Å²) in [5, 5.41) is 6.22. The largest absolute Gasteiger partial charge is 0.373 e. The van der Waals surface area contributed by atoms with Gasteiger partial charge in [-0.05, 0) is 21.0 Å². The Morgan fingerprint density at radius 2 is 2.00 bits per heavy atom. The first-order valence-corrected chi connectivity index (χ1v) is 5.25. The van der Waals surface area contributed by atoms with E-state index >= 15 is 0 Å². The molecule has 0 spiro atoms. The van der Waals surface area contributed by atoms with Crippen molar-refractivity contribution in [1.29, 1.82) is 0 Å². The normalized spacial score (nSPS) is 12.6. The molecule has 6 heteroatoms. The molecule has 1 atom stereocenters. The van der Waals surface area contributed by atoms with Gasteiger partial charge in [0.25, 0.3) is 0 Å². The van der Waals surface area contributed by atoms with Crippen LogP contribution in [0, 0.1) is 0 Å². The van der Waals surface area contributed by atoms with Crippen molar-refractivity contribution in [2.75, 3.05) is 44.1 Å². The number of nitrogen functional groups attached to an aromatic ring is 1. The van der Waals surface area contributed by atoms with E-state index in [2.05, 4.69) is 32.4 Å². The Labute approximate surface area is 96.3 Å². The van der Waals surface area contributed by atoms with E-state index < -0.39 is 0 Å². The topological polar surface area (TPSA) is 79.1 Å². The van der Waals surface area contributed by atoms with Crippen LogP contribution in [0.2, 0.25) is 0 Å². The van der Waals surface area contributed by atoms with Gasteiger partial charge in [0, 0.05) is 25.7 Å². The Morgan fingerprint density at radius 3 is 2.56 bits per heavy atom. The summed E-state index contributed by atoms with van der Waals surface area (Å²) in [7, 11) is 5.87. The van der Waals surface area contributed by atoms with Crippen molar-refractivity contribution in [3.05, 3.63) is 6.07 Å². The highest BCUT2D eigenvalue weighted by atomic mass is 15.2. The zero-order valence-electron chi connectivity index (χ0n) is 10.3. The highest BCUT2D eigenvalue weighted by molar-refractivity contribution is 5.51. The molecule has 1 unspecified atom stereocenters. The van der Waals surface area contributed by atoms with E-state index in [1.807, 2.05) is 20.2 Å². The molecule has 0 saturated carbocycles. The third-order valence-electron chi connectivity index (χ3n) is 2.03. The van der Waals surface area contributed by atoms with Gasteiger partial charge in [0.2, 0.25) is 5.95 Å². The first-order chi connectivity index (χ1) is 7.51. The summed E-state index contributed by atoms with van der Waals surface area (Å²) >= 11 is 0. The van der Waals surface area contributed by atoms with E-state index in [9.17, 15) is 0 Å². The summed E-state index contributed by atoms with van der Waals surface area (Å²) in [6, 6.07) is 2.14. The lowest BCUT2D eigenvalue weighted by molar-refractivity contribution is 0.392. The lowest BCUT2D eigenvalue weighted by Gasteiger charge is -2.19. The molecule has 0 saturated heterocycles. The Balaban J connectivity index is 2.69. The van der Waals surface area contributed by atoms with Crippen LogP contribution in [0.15, 0.2) is 6.07 Å². The predicted molar refractivity (Wildman–Crippen MR) is 67.6 cm³/mol. The van der Waals surface area contributed by atoms with E-state index in [-0.39, 0.29) is 5.95 Å². The third kappa shape index (κ3) is 3.90. The predicted octanol–water partition coefficient (Wildman–Crippen LogP) is 0.463. The fourth-order valence-electron chi connectivity index (χ4n) is 1.51. The number of rotatable bonds is 5. The Hall–Kier alpha value is -1.56. The van der Waals surface area contributed by atoms with Crippen LogP contribution in [-0.2, 0) is 0 Å². The number of hydrogen-bond acceptors (Lipinski definition) is 6. The molecule has 0 bridgehead atoms. The van der Waals surface area contributed by atoms with Crippen LogP contribution in [0.5, 0.6) is 0 Å². The average Bonchev–Trinajstić information content (AvgIpc) is 2.14. The SMILES string of the molecule is CNc1cc(NC(C)CN(C)C)nc(N)n1. The van der Waals surface area contributed by atoms with Crippen molar-refractivity contribution in [3.63, 3.8) is 0 Å². The number of nitrogens with zero attached hydrogens (tertiary/aromatic N) is 3. The molecule has 1 aromatic rings. The lowest BCUT2D eigenvalue weighted by Crippen LogP contribution is -2.30. The van der Waals surface area contributed by atoms with E-state index in [1.165, 1.54) is 0 Å². The molecule has 0 aliphatic carbocycles. The van der Waals surface area contributed by atoms with Gasteiger partial charge in [0.05, 0.1) is 0 Å². The maximum atomic E-state index is 5.60. The van der Waals surface area contributed by atoms with Crippen molar-refractivity contribution < 1.29 is 0 Å². The summed E-state index contributed by atoms with van der Waals surface area (Å²) in [5.74, 6) is 1.73. The van der Waals surface area contributed by atoms with Crippen LogP contribution in [0.4, 0.5) is 17.6 Å². The van der Waals surface area contributed by atoms with Gasteiger partial charge in [-0.2, -0.15) is 9.97 Å². The van der Waals surface area contributed by atoms with Crippen LogP contribution < -0.4 is 16.4 Å². The maximum absolute atomic E-state index is 5.60. The molecule has 0 amide bonds. The van der Waals surface area contributed by atoms with Gasteiger partial charge in [-0.1, -0.05) is 0 Å². The third-order valence-corrected chi connectivity index (χ3v) is 2.03. The van der Waals surface area contributed by atoms with Gasteiger partial charge in [0.15, 0.2) is 0 Å². The molecule has 1 rings (SSSR count). The van der Waals surface area contributed by atoms with Crippen molar-refractivity contribution in [2.45, 2.75) is 13.0 Å². The van der Waals surface area contributed by atoms with Crippen molar-refractivity contribution in [3.8, 4) is 0 Å². The standard InChI is InChI=1S/C10H20N6/c1-7(6-16(3)4)13-9-5-8(12-2)14-10(11)15-9/h5,7H,6H2,1-4H3,(H4,11,12,13,14,15). The minimum atomic E-state index is 0.270. The second-order valence-corrected chi connectivity index (χ2v) is 4.05. The van der Waals surface area contributed by atoms with Gasteiger partial charge in [-0.25, -0.2) is 0 Å². The van der Waals surface area contributed by atoms with Crippen LogP contribution in [0.25, 0.3) is 0 Å². The average molecular weight is 224 g/mol. The molecule has 0 aliphatic rings. The number of likely N-dealkylation sites (N-methyl/N-ethyl adjacent to an activating group) is 1. The summed E-state index contributed by atoms with van der Waals surface area (Å²) in [4.78, 5) is 10.3. The zero-order chi connectivity index (χ0) is 12.1. The molecule has 4 N–H and O–H groups in total. The van der Waals surface area contributed by atoms with Crippen molar-refractivity contribution >= 4 is 17.6 Å². The van der Waals surface area contributed by atoms with E-state index in [0.29, 0.717) is 11.9 Å². The lowest BCUT2D eigenvalue weighted by atomic mass is 10.3. The minimum Gasteiger partial charge on any atom is -0.373 e. The van der Waals surface area contributed by atoms with E-state index in [0.717, 1.165) is 12.4 Å². The molecular weight excluding hydrogens is 204 g/mol. The van der Waals surface area contributed by atoms with Crippen LogP contribution >= 0.6 is 0 Å². The molecule has 90 valence electrons. The maximum Gasteiger partial charge on any atom is 0.223 e. The van der Waals surface area contributed by atoms with Crippen LogP contribution in [0.1, 0.15) is 6.92 Å². The summed E-state index contributed by atoms with van der Waals surface area (Å²) in [5.41, 5.74) is 5.60. The van der Waals surface area contributed by atoms with E-state index in [1.54, 1.807) is 7.05 Å². The number of anilines is 3. The van der Waals surface area contributed by atoms with Gasteiger partial charge >= 0.3 is 0 Å². The Bertz CT molecular complexity index is 338. The number of hydrogen-bond donors (Lipinski definition) is 3. The zero-order valence-corrected chi connectivity index (χ0v) is 10.3. The molecule has 0 fully saturated rings. The van der Waals surface area contributed by atoms with Crippen LogP contribution in [-0.4, -0.2) is 48.6 Å². The molecule has 0 aromatic carbocycles. The second kappa shape index (κ2) is 5.50. The second-order valence-electron chi connectivity index (χ2n) is 4.05. The Kier molecular flexibility index (Phi) is 4.30. The first kappa shape index (κ1) is 12.5. The minimum absolute atomic E-state index is 0.270. The van der Waals surface area contributed by atoms with Gasteiger partial charge in [0.1, 0.15) is 11.6 Å². The summed E-state index contributed by atoms with van der Waals surface area (Å²) in [6.07, 6.45) is 0. The van der Waals surface area contributed by atoms with Crippen molar-refractivity contribution in [1.82, 2.24) is 14.9 Å². The quantitative estimate of drug-likeness (QED) is 0.674. The number of aromatic nitrogens is 2.